The van der Waals surface area contributed by atoms with Gasteiger partial charge in [-0.3, -0.25) is 9.69 Å². The summed E-state index contributed by atoms with van der Waals surface area (Å²) in [6.45, 7) is 4.56. The highest BCUT2D eigenvalue weighted by atomic mass is 32.1. The summed E-state index contributed by atoms with van der Waals surface area (Å²) in [6, 6.07) is 14.2. The molecule has 3 saturated heterocycles. The van der Waals surface area contributed by atoms with Gasteiger partial charge in [0.2, 0.25) is 0 Å². The SMILES string of the molecule is C[C@H]1[C@H](NC(=O)c2ccc(-c3ccc(C#N)cc3)s2)C2CCN1CC2. The molecule has 3 aliphatic rings. The molecule has 1 aromatic heterocycles. The molecule has 1 aromatic carbocycles. The number of fused-ring (bicyclic) bond motifs is 3. The number of piperidine rings is 3. The van der Waals surface area contributed by atoms with E-state index in [2.05, 4.69) is 23.2 Å². The van der Waals surface area contributed by atoms with Crippen molar-refractivity contribution in [3.05, 3.63) is 46.8 Å². The number of carbonyl (C=O) groups excluding carboxylic acids is 1. The van der Waals surface area contributed by atoms with Crippen LogP contribution in [0.5, 0.6) is 0 Å². The first-order chi connectivity index (χ1) is 12.2. The summed E-state index contributed by atoms with van der Waals surface area (Å²) < 4.78 is 0. The van der Waals surface area contributed by atoms with E-state index in [-0.39, 0.29) is 11.9 Å². The van der Waals surface area contributed by atoms with E-state index in [0.29, 0.717) is 17.5 Å². The van der Waals surface area contributed by atoms with Gasteiger partial charge in [0, 0.05) is 17.0 Å². The Morgan fingerprint density at radius 3 is 2.56 bits per heavy atom. The Morgan fingerprint density at radius 1 is 1.20 bits per heavy atom. The Morgan fingerprint density at radius 2 is 1.92 bits per heavy atom. The van der Waals surface area contributed by atoms with Crippen LogP contribution < -0.4 is 5.32 Å². The van der Waals surface area contributed by atoms with Gasteiger partial charge < -0.3 is 5.32 Å². The minimum atomic E-state index is 0.0375. The molecule has 4 nitrogen and oxygen atoms in total. The molecule has 2 aromatic rings. The molecule has 1 N–H and O–H groups in total. The zero-order chi connectivity index (χ0) is 17.4. The maximum absolute atomic E-state index is 12.7. The fourth-order valence-electron chi connectivity index (χ4n) is 4.09. The predicted octanol–water partition coefficient (Wildman–Crippen LogP) is 3.50. The Bertz CT molecular complexity index is 810. The van der Waals surface area contributed by atoms with Gasteiger partial charge in [-0.25, -0.2) is 0 Å². The van der Waals surface area contributed by atoms with E-state index >= 15 is 0 Å². The molecule has 4 heterocycles. The Hall–Kier alpha value is -2.16. The fourth-order valence-corrected chi connectivity index (χ4v) is 5.01. The Balaban J connectivity index is 1.48. The summed E-state index contributed by atoms with van der Waals surface area (Å²) in [5, 5.41) is 12.2. The standard InChI is InChI=1S/C20H21N3OS/c1-13-19(16-8-10-23(13)11-9-16)22-20(24)18-7-6-17(25-18)15-4-2-14(12-21)3-5-15/h2-7,13,16,19H,8-11H2,1H3,(H,22,24)/t13-,19-/m0/s1. The van der Waals surface area contributed by atoms with Crippen LogP contribution in [0.2, 0.25) is 0 Å². The zero-order valence-electron chi connectivity index (χ0n) is 14.2. The number of carbonyl (C=O) groups is 1. The van der Waals surface area contributed by atoms with Gasteiger partial charge in [-0.2, -0.15) is 5.26 Å². The monoisotopic (exact) mass is 351 g/mol. The predicted molar refractivity (Wildman–Crippen MR) is 99.5 cm³/mol. The number of hydrogen-bond donors (Lipinski definition) is 1. The second-order valence-electron chi connectivity index (χ2n) is 6.97. The minimum absolute atomic E-state index is 0.0375. The third-order valence-corrected chi connectivity index (χ3v) is 6.74. The summed E-state index contributed by atoms with van der Waals surface area (Å²) in [6.07, 6.45) is 2.38. The zero-order valence-corrected chi connectivity index (χ0v) is 15.1. The van der Waals surface area contributed by atoms with Gasteiger partial charge in [0.05, 0.1) is 16.5 Å². The lowest BCUT2D eigenvalue weighted by atomic mass is 9.79. The van der Waals surface area contributed by atoms with Crippen LogP contribution in [-0.4, -0.2) is 36.0 Å². The van der Waals surface area contributed by atoms with E-state index in [1.54, 1.807) is 0 Å². The van der Waals surface area contributed by atoms with Crippen LogP contribution in [0.25, 0.3) is 10.4 Å². The molecule has 5 heteroatoms. The fraction of sp³-hybridized carbons (Fsp3) is 0.400. The van der Waals surface area contributed by atoms with Crippen LogP contribution in [0.1, 0.15) is 35.0 Å². The largest absolute Gasteiger partial charge is 0.347 e. The molecule has 128 valence electrons. The molecule has 25 heavy (non-hydrogen) atoms. The van der Waals surface area contributed by atoms with Crippen molar-refractivity contribution >= 4 is 17.2 Å². The quantitative estimate of drug-likeness (QED) is 0.921. The molecule has 5 rings (SSSR count). The molecule has 0 radical (unpaired) electrons. The van der Waals surface area contributed by atoms with Crippen LogP contribution >= 0.6 is 11.3 Å². The van der Waals surface area contributed by atoms with Gasteiger partial charge >= 0.3 is 0 Å². The van der Waals surface area contributed by atoms with Crippen LogP contribution in [0.3, 0.4) is 0 Å². The first-order valence-electron chi connectivity index (χ1n) is 8.81. The van der Waals surface area contributed by atoms with Crippen LogP contribution in [0.15, 0.2) is 36.4 Å². The third kappa shape index (κ3) is 3.08. The van der Waals surface area contributed by atoms with Crippen molar-refractivity contribution in [2.45, 2.75) is 31.8 Å². The van der Waals surface area contributed by atoms with Crippen molar-refractivity contribution in [1.82, 2.24) is 10.2 Å². The van der Waals surface area contributed by atoms with E-state index in [1.165, 1.54) is 37.3 Å². The number of amides is 1. The number of nitrogens with one attached hydrogen (secondary N) is 1. The average molecular weight is 351 g/mol. The first-order valence-corrected chi connectivity index (χ1v) is 9.62. The number of nitriles is 1. The highest BCUT2D eigenvalue weighted by Crippen LogP contribution is 2.33. The number of thiophene rings is 1. The summed E-state index contributed by atoms with van der Waals surface area (Å²) in [7, 11) is 0. The van der Waals surface area contributed by atoms with Gasteiger partial charge in [-0.1, -0.05) is 12.1 Å². The third-order valence-electron chi connectivity index (χ3n) is 5.60. The van der Waals surface area contributed by atoms with Crippen molar-refractivity contribution < 1.29 is 4.79 Å². The summed E-state index contributed by atoms with van der Waals surface area (Å²) in [5.41, 5.74) is 1.69. The van der Waals surface area contributed by atoms with Crippen molar-refractivity contribution in [3.63, 3.8) is 0 Å². The molecular weight excluding hydrogens is 330 g/mol. The summed E-state index contributed by atoms with van der Waals surface area (Å²) in [4.78, 5) is 17.0. The van der Waals surface area contributed by atoms with Gasteiger partial charge in [-0.15, -0.1) is 11.3 Å². The molecule has 2 atom stereocenters. The van der Waals surface area contributed by atoms with Crippen LogP contribution in [0.4, 0.5) is 0 Å². The topological polar surface area (TPSA) is 56.1 Å². The van der Waals surface area contributed by atoms with E-state index in [9.17, 15) is 4.79 Å². The number of benzene rings is 1. The lowest BCUT2D eigenvalue weighted by Crippen LogP contribution is -2.62. The molecule has 3 aliphatic heterocycles. The van der Waals surface area contributed by atoms with E-state index in [1.807, 2.05) is 36.4 Å². The van der Waals surface area contributed by atoms with E-state index in [0.717, 1.165) is 15.3 Å². The van der Waals surface area contributed by atoms with Crippen molar-refractivity contribution in [2.75, 3.05) is 13.1 Å². The van der Waals surface area contributed by atoms with Crippen molar-refractivity contribution in [1.29, 1.82) is 5.26 Å². The maximum Gasteiger partial charge on any atom is 0.261 e. The average Bonchev–Trinajstić information content (AvgIpc) is 3.15. The van der Waals surface area contributed by atoms with Crippen molar-refractivity contribution in [3.8, 4) is 16.5 Å². The smallest absolute Gasteiger partial charge is 0.261 e. The lowest BCUT2D eigenvalue weighted by Gasteiger charge is -2.49. The molecule has 2 bridgehead atoms. The Labute approximate surface area is 152 Å². The van der Waals surface area contributed by atoms with Gasteiger partial charge in [-0.05, 0) is 68.6 Å². The number of rotatable bonds is 3. The lowest BCUT2D eigenvalue weighted by molar-refractivity contribution is 0.0218. The highest BCUT2D eigenvalue weighted by Gasteiger charge is 2.40. The molecular formula is C20H21N3OS. The first kappa shape index (κ1) is 16.3. The van der Waals surface area contributed by atoms with E-state index < -0.39 is 0 Å². The second kappa shape index (κ2) is 6.62. The molecule has 3 fully saturated rings. The summed E-state index contributed by atoms with van der Waals surface area (Å²) in [5.74, 6) is 0.650. The van der Waals surface area contributed by atoms with Gasteiger partial charge in [0.1, 0.15) is 0 Å². The highest BCUT2D eigenvalue weighted by molar-refractivity contribution is 7.17. The van der Waals surface area contributed by atoms with Crippen LogP contribution in [0, 0.1) is 17.2 Å². The molecule has 0 unspecified atom stereocenters. The minimum Gasteiger partial charge on any atom is -0.347 e. The molecule has 0 saturated carbocycles. The van der Waals surface area contributed by atoms with Gasteiger partial charge in [0.15, 0.2) is 0 Å². The second-order valence-corrected chi connectivity index (χ2v) is 8.05. The van der Waals surface area contributed by atoms with Crippen LogP contribution in [-0.2, 0) is 0 Å². The Kier molecular flexibility index (Phi) is 4.32. The molecule has 1 amide bonds. The molecule has 0 aliphatic carbocycles. The number of hydrogen-bond acceptors (Lipinski definition) is 4. The van der Waals surface area contributed by atoms with E-state index in [4.69, 9.17) is 5.26 Å². The normalized spacial score (nSPS) is 27.7. The number of nitrogens with zero attached hydrogens (tertiary/aromatic N) is 2. The summed E-state index contributed by atoms with van der Waals surface area (Å²) >= 11 is 1.51. The van der Waals surface area contributed by atoms with Gasteiger partial charge in [0.25, 0.3) is 5.91 Å². The maximum atomic E-state index is 12.7. The van der Waals surface area contributed by atoms with Crippen molar-refractivity contribution in [2.24, 2.45) is 5.92 Å². The molecule has 0 spiro atoms.